The smallest absolute Gasteiger partial charge is 0.356 e. The number of ketones is 1. The van der Waals surface area contributed by atoms with E-state index in [0.29, 0.717) is 11.3 Å². The van der Waals surface area contributed by atoms with Gasteiger partial charge in [-0.2, -0.15) is 0 Å². The van der Waals surface area contributed by atoms with Crippen LogP contribution in [0.25, 0.3) is 0 Å². The summed E-state index contributed by atoms with van der Waals surface area (Å²) >= 11 is 10.2. The molecule has 1 fully saturated rings. The second-order valence-corrected chi connectivity index (χ2v) is 9.99. The number of thioether (sulfide) groups is 1. The van der Waals surface area contributed by atoms with Crippen LogP contribution in [0.2, 0.25) is 0 Å². The number of hydrogen-bond acceptors (Lipinski definition) is 6. The van der Waals surface area contributed by atoms with Gasteiger partial charge in [-0.05, 0) is 22.8 Å². The van der Waals surface area contributed by atoms with Crippen LogP contribution >= 0.6 is 39.3 Å². The molecule has 10 heteroatoms. The van der Waals surface area contributed by atoms with Crippen molar-refractivity contribution in [2.75, 3.05) is 11.1 Å². The number of β-lactam (4-membered cyclic amide) rings is 1. The number of carbonyl (C=O) groups is 4. The van der Waals surface area contributed by atoms with Gasteiger partial charge in [-0.15, -0.1) is 11.8 Å². The van der Waals surface area contributed by atoms with Crippen molar-refractivity contribution in [2.24, 2.45) is 0 Å². The zero-order valence-corrected chi connectivity index (χ0v) is 22.1. The lowest BCUT2D eigenvalue weighted by Gasteiger charge is -2.49. The van der Waals surface area contributed by atoms with E-state index >= 15 is 0 Å². The molecular formula is C26H22BrClN2O5S. The van der Waals surface area contributed by atoms with Gasteiger partial charge in [-0.3, -0.25) is 19.3 Å². The highest BCUT2D eigenvalue weighted by molar-refractivity contribution is 9.09. The molecule has 7 nitrogen and oxygen atoms in total. The molecule has 186 valence electrons. The number of hydrogen-bond donors (Lipinski definition) is 1. The van der Waals surface area contributed by atoms with Gasteiger partial charge in [0, 0.05) is 11.3 Å². The van der Waals surface area contributed by atoms with Crippen LogP contribution in [-0.4, -0.2) is 51.0 Å². The van der Waals surface area contributed by atoms with Crippen LogP contribution in [0.4, 0.5) is 0 Å². The average Bonchev–Trinajstić information content (AvgIpc) is 2.91. The van der Waals surface area contributed by atoms with E-state index in [0.717, 1.165) is 11.1 Å². The highest BCUT2D eigenvalue weighted by Crippen LogP contribution is 2.42. The van der Waals surface area contributed by atoms with Crippen molar-refractivity contribution >= 4 is 62.9 Å². The minimum Gasteiger partial charge on any atom is -0.448 e. The summed E-state index contributed by atoms with van der Waals surface area (Å²) in [7, 11) is 0. The Hall–Kier alpha value is -2.88. The molecule has 1 N–H and O–H groups in total. The second-order valence-electron chi connectivity index (χ2n) is 8.08. The number of alkyl halides is 1. The van der Waals surface area contributed by atoms with Gasteiger partial charge in [-0.1, -0.05) is 88.2 Å². The molecule has 36 heavy (non-hydrogen) atoms. The van der Waals surface area contributed by atoms with E-state index in [-0.39, 0.29) is 23.2 Å². The van der Waals surface area contributed by atoms with Gasteiger partial charge in [-0.25, -0.2) is 4.79 Å². The van der Waals surface area contributed by atoms with Crippen LogP contribution < -0.4 is 5.32 Å². The van der Waals surface area contributed by atoms with Crippen LogP contribution in [0.3, 0.4) is 0 Å². The summed E-state index contributed by atoms with van der Waals surface area (Å²) in [6.45, 7) is 0. The quantitative estimate of drug-likeness (QED) is 0.205. The number of rotatable bonds is 9. The van der Waals surface area contributed by atoms with Gasteiger partial charge in [0.05, 0.1) is 11.8 Å². The summed E-state index contributed by atoms with van der Waals surface area (Å²) in [5, 5.41) is 2.18. The molecule has 2 aromatic carbocycles. The van der Waals surface area contributed by atoms with Gasteiger partial charge in [0.25, 0.3) is 5.91 Å². The molecular weight excluding hydrogens is 568 g/mol. The molecule has 2 aliphatic rings. The molecule has 2 atom stereocenters. The second kappa shape index (κ2) is 11.9. The average molecular weight is 590 g/mol. The van der Waals surface area contributed by atoms with E-state index < -0.39 is 35.3 Å². The Bertz CT molecular complexity index is 1180. The van der Waals surface area contributed by atoms with E-state index in [9.17, 15) is 19.2 Å². The molecule has 2 amide bonds. The predicted molar refractivity (Wildman–Crippen MR) is 141 cm³/mol. The molecule has 0 saturated carbocycles. The monoisotopic (exact) mass is 588 g/mol. The Labute approximate surface area is 226 Å². The molecule has 1 unspecified atom stereocenters. The number of benzene rings is 2. The van der Waals surface area contributed by atoms with Crippen LogP contribution in [0.15, 0.2) is 83.5 Å². The molecule has 1 saturated heterocycles. The number of amides is 2. The number of Topliss-reactive ketones (excluding diaryl/α,β-unsaturated/α-hetero) is 1. The number of esters is 1. The molecule has 2 aliphatic heterocycles. The third kappa shape index (κ3) is 5.58. The minimum absolute atomic E-state index is 0.0557. The Morgan fingerprint density at radius 3 is 2.28 bits per heavy atom. The van der Waals surface area contributed by atoms with E-state index in [1.54, 1.807) is 6.08 Å². The van der Waals surface area contributed by atoms with Gasteiger partial charge >= 0.3 is 5.97 Å². The Kier molecular flexibility index (Phi) is 8.66. The van der Waals surface area contributed by atoms with Gasteiger partial charge in [0.15, 0.2) is 11.9 Å². The van der Waals surface area contributed by atoms with Crippen molar-refractivity contribution in [2.45, 2.75) is 23.9 Å². The highest BCUT2D eigenvalue weighted by atomic mass is 79.9. The van der Waals surface area contributed by atoms with E-state index in [1.807, 2.05) is 60.7 Å². The molecule has 0 aliphatic carbocycles. The highest BCUT2D eigenvalue weighted by Gasteiger charge is 2.54. The first kappa shape index (κ1) is 26.2. The van der Waals surface area contributed by atoms with Crippen molar-refractivity contribution in [1.29, 1.82) is 0 Å². The fourth-order valence-corrected chi connectivity index (χ4v) is 5.70. The van der Waals surface area contributed by atoms with Crippen molar-refractivity contribution in [3.05, 3.63) is 94.7 Å². The number of nitrogens with one attached hydrogen (secondary N) is 1. The van der Waals surface area contributed by atoms with E-state index in [2.05, 4.69) is 21.2 Å². The third-order valence-corrected chi connectivity index (χ3v) is 7.76. The van der Waals surface area contributed by atoms with Gasteiger partial charge < -0.3 is 10.1 Å². The molecule has 2 heterocycles. The number of carbonyl (C=O) groups excluding carboxylic acids is 4. The van der Waals surface area contributed by atoms with Gasteiger partial charge in [0.1, 0.15) is 17.1 Å². The van der Waals surface area contributed by atoms with Crippen LogP contribution in [0, 0.1) is 0 Å². The predicted octanol–water partition coefficient (Wildman–Crippen LogP) is 4.08. The summed E-state index contributed by atoms with van der Waals surface area (Å²) in [5.74, 6) is -1.56. The minimum atomic E-state index is -0.839. The lowest BCUT2D eigenvalue weighted by molar-refractivity contribution is -0.154. The summed E-state index contributed by atoms with van der Waals surface area (Å²) in [6.07, 6.45) is 0.548. The summed E-state index contributed by atoms with van der Waals surface area (Å²) in [6, 6.07) is 17.8. The van der Waals surface area contributed by atoms with E-state index in [4.69, 9.17) is 16.3 Å². The van der Waals surface area contributed by atoms with Crippen LogP contribution in [-0.2, 0) is 23.9 Å². The maximum Gasteiger partial charge on any atom is 0.356 e. The summed E-state index contributed by atoms with van der Waals surface area (Å²) in [4.78, 5) is 51.8. The normalized spacial score (nSPS) is 19.2. The number of allylic oxidation sites excluding steroid dienone is 1. The Balaban J connectivity index is 1.60. The Morgan fingerprint density at radius 1 is 1.11 bits per heavy atom. The van der Waals surface area contributed by atoms with Gasteiger partial charge in [0.2, 0.25) is 5.91 Å². The van der Waals surface area contributed by atoms with E-state index in [1.165, 1.54) is 22.2 Å². The number of nitrogens with zero attached hydrogens (tertiary/aromatic N) is 1. The zero-order valence-electron chi connectivity index (χ0n) is 18.9. The number of fused-ring (bicyclic) bond motifs is 1. The van der Waals surface area contributed by atoms with Crippen molar-refractivity contribution < 1.29 is 23.9 Å². The molecule has 0 radical (unpaired) electrons. The zero-order chi connectivity index (χ0) is 25.7. The maximum absolute atomic E-state index is 13.6. The SMILES string of the molecule is O=C(CBr)CC(=O)NC1C(=O)N2C(C(=O)OC(c3ccccc3)c3ccccc3)=C(/C=C/Cl)CS[C@@H]12. The topological polar surface area (TPSA) is 92.8 Å². The van der Waals surface area contributed by atoms with Crippen LogP contribution in [0.1, 0.15) is 23.7 Å². The molecule has 2 aromatic rings. The van der Waals surface area contributed by atoms with Crippen molar-refractivity contribution in [1.82, 2.24) is 10.2 Å². The third-order valence-electron chi connectivity index (χ3n) is 5.71. The number of ether oxygens (including phenoxy) is 1. The molecule has 0 bridgehead atoms. The Morgan fingerprint density at radius 2 is 1.72 bits per heavy atom. The first-order valence-corrected chi connectivity index (χ1v) is 13.7. The first-order chi connectivity index (χ1) is 17.4. The maximum atomic E-state index is 13.6. The molecule has 0 aromatic heterocycles. The number of halogens is 2. The first-order valence-electron chi connectivity index (χ1n) is 11.1. The summed E-state index contributed by atoms with van der Waals surface area (Å²) in [5.41, 5.74) is 3.49. The standard InChI is InChI=1S/C26H22BrClN2O5S/c27-14-19(31)13-20(32)29-21-24(33)30-22(18(11-12-28)15-36-25(21)30)26(34)35-23(16-7-3-1-4-8-16)17-9-5-2-6-10-17/h1-12,21,23,25H,13-15H2,(H,29,32)/b12-11+/t21?,25-/m0/s1. The van der Waals surface area contributed by atoms with Crippen molar-refractivity contribution in [3.63, 3.8) is 0 Å². The fourth-order valence-electron chi connectivity index (χ4n) is 4.03. The van der Waals surface area contributed by atoms with Crippen molar-refractivity contribution in [3.8, 4) is 0 Å². The largest absolute Gasteiger partial charge is 0.448 e. The lowest BCUT2D eigenvalue weighted by atomic mass is 10.0. The lowest BCUT2D eigenvalue weighted by Crippen LogP contribution is -2.70. The summed E-state index contributed by atoms with van der Waals surface area (Å²) < 4.78 is 6.01. The van der Waals surface area contributed by atoms with Crippen LogP contribution in [0.5, 0.6) is 0 Å². The fraction of sp³-hybridized carbons (Fsp3) is 0.231. The molecule has 0 spiro atoms. The molecule has 4 rings (SSSR count).